The lowest BCUT2D eigenvalue weighted by molar-refractivity contribution is 0.102. The molecule has 0 radical (unpaired) electrons. The van der Waals surface area contributed by atoms with E-state index in [9.17, 15) is 9.18 Å². The Morgan fingerprint density at radius 1 is 0.871 bits per heavy atom. The van der Waals surface area contributed by atoms with Gasteiger partial charge in [0.1, 0.15) is 11.6 Å². The number of aromatic nitrogens is 2. The molecule has 0 saturated heterocycles. The first-order chi connectivity index (χ1) is 15.1. The zero-order valence-corrected chi connectivity index (χ0v) is 16.7. The zero-order chi connectivity index (χ0) is 21.6. The summed E-state index contributed by atoms with van der Waals surface area (Å²) in [5, 5.41) is 5.92. The van der Waals surface area contributed by atoms with Gasteiger partial charge in [0.2, 0.25) is 5.95 Å². The normalized spacial score (nSPS) is 10.4. The smallest absolute Gasteiger partial charge is 0.255 e. The number of methoxy groups -OCH3 is 1. The van der Waals surface area contributed by atoms with Crippen molar-refractivity contribution in [2.45, 2.75) is 0 Å². The highest BCUT2D eigenvalue weighted by Gasteiger charge is 2.09. The van der Waals surface area contributed by atoms with Crippen LogP contribution >= 0.6 is 0 Å². The molecule has 2 N–H and O–H groups in total. The molecule has 1 amide bonds. The second-order valence-electron chi connectivity index (χ2n) is 6.70. The van der Waals surface area contributed by atoms with Crippen LogP contribution in [-0.4, -0.2) is 23.0 Å². The third kappa shape index (κ3) is 5.02. The summed E-state index contributed by atoms with van der Waals surface area (Å²) >= 11 is 0. The highest BCUT2D eigenvalue weighted by molar-refractivity contribution is 6.04. The van der Waals surface area contributed by atoms with Crippen LogP contribution in [0.1, 0.15) is 10.4 Å². The topological polar surface area (TPSA) is 76.1 Å². The minimum atomic E-state index is -0.316. The summed E-state index contributed by atoms with van der Waals surface area (Å²) in [6.07, 6.45) is 3.23. The molecule has 0 fully saturated rings. The minimum Gasteiger partial charge on any atom is -0.497 e. The van der Waals surface area contributed by atoms with Gasteiger partial charge in [-0.05, 0) is 48.0 Å². The van der Waals surface area contributed by atoms with E-state index in [2.05, 4.69) is 20.6 Å². The molecule has 7 heteroatoms. The lowest BCUT2D eigenvalue weighted by Crippen LogP contribution is -2.12. The van der Waals surface area contributed by atoms with Crippen LogP contribution in [0.5, 0.6) is 5.75 Å². The van der Waals surface area contributed by atoms with Crippen LogP contribution < -0.4 is 15.4 Å². The number of nitrogens with one attached hydrogen (secondary N) is 2. The van der Waals surface area contributed by atoms with Crippen molar-refractivity contribution >= 4 is 23.2 Å². The number of benzene rings is 3. The van der Waals surface area contributed by atoms with E-state index in [1.54, 1.807) is 74.1 Å². The molecule has 0 aliphatic carbocycles. The third-order valence-electron chi connectivity index (χ3n) is 4.52. The van der Waals surface area contributed by atoms with E-state index < -0.39 is 0 Å². The van der Waals surface area contributed by atoms with Crippen molar-refractivity contribution < 1.29 is 13.9 Å². The number of amides is 1. The van der Waals surface area contributed by atoms with Crippen molar-refractivity contribution in [3.8, 4) is 16.9 Å². The molecule has 0 atom stereocenters. The van der Waals surface area contributed by atoms with Crippen molar-refractivity contribution in [3.63, 3.8) is 0 Å². The molecule has 0 saturated carbocycles. The molecule has 4 aromatic rings. The summed E-state index contributed by atoms with van der Waals surface area (Å²) in [5.41, 5.74) is 3.18. The van der Waals surface area contributed by atoms with E-state index in [-0.39, 0.29) is 11.7 Å². The standard InChI is InChI=1S/C24H19FN4O2/c1-31-22-10-4-9-21(13-22)28-23(30)17-6-3-8-20(12-17)29-24-26-14-18(15-27-24)16-5-2-7-19(25)11-16/h2-15H,1H3,(H,28,30)(H,26,27,29). The summed E-state index contributed by atoms with van der Waals surface area (Å²) in [6, 6.07) is 20.4. The average molecular weight is 414 g/mol. The Balaban J connectivity index is 1.46. The monoisotopic (exact) mass is 414 g/mol. The van der Waals surface area contributed by atoms with Crippen LogP contribution in [0.15, 0.2) is 85.2 Å². The van der Waals surface area contributed by atoms with Crippen molar-refractivity contribution in [3.05, 3.63) is 96.6 Å². The minimum absolute atomic E-state index is 0.251. The van der Waals surface area contributed by atoms with Crippen molar-refractivity contribution in [1.82, 2.24) is 9.97 Å². The molecule has 0 aliphatic heterocycles. The predicted molar refractivity (Wildman–Crippen MR) is 118 cm³/mol. The first-order valence-corrected chi connectivity index (χ1v) is 9.51. The van der Waals surface area contributed by atoms with E-state index in [0.29, 0.717) is 39.8 Å². The molecule has 4 rings (SSSR count). The number of ether oxygens (including phenoxy) is 1. The van der Waals surface area contributed by atoms with E-state index in [4.69, 9.17) is 4.74 Å². The Labute approximate surface area is 178 Å². The number of nitrogens with zero attached hydrogens (tertiary/aromatic N) is 2. The van der Waals surface area contributed by atoms with Crippen molar-refractivity contribution in [2.24, 2.45) is 0 Å². The van der Waals surface area contributed by atoms with Crippen LogP contribution in [0.4, 0.5) is 21.7 Å². The molecule has 0 bridgehead atoms. The number of hydrogen-bond donors (Lipinski definition) is 2. The third-order valence-corrected chi connectivity index (χ3v) is 4.52. The Kier molecular flexibility index (Phi) is 5.84. The number of carbonyl (C=O) groups is 1. The van der Waals surface area contributed by atoms with Gasteiger partial charge >= 0.3 is 0 Å². The molecule has 6 nitrogen and oxygen atoms in total. The van der Waals surface area contributed by atoms with E-state index in [0.717, 1.165) is 0 Å². The molecule has 154 valence electrons. The van der Waals surface area contributed by atoms with E-state index >= 15 is 0 Å². The van der Waals surface area contributed by atoms with Crippen LogP contribution in [0.2, 0.25) is 0 Å². The van der Waals surface area contributed by atoms with Gasteiger partial charge in [-0.15, -0.1) is 0 Å². The van der Waals surface area contributed by atoms with Crippen molar-refractivity contribution in [1.29, 1.82) is 0 Å². The van der Waals surface area contributed by atoms with Gasteiger partial charge in [-0.25, -0.2) is 14.4 Å². The molecule has 31 heavy (non-hydrogen) atoms. The fraction of sp³-hybridized carbons (Fsp3) is 0.0417. The number of halogens is 1. The van der Waals surface area contributed by atoms with Gasteiger partial charge in [-0.2, -0.15) is 0 Å². The quantitative estimate of drug-likeness (QED) is 0.449. The summed E-state index contributed by atoms with van der Waals surface area (Å²) in [5.74, 6) is 0.459. The highest BCUT2D eigenvalue weighted by atomic mass is 19.1. The van der Waals surface area contributed by atoms with Gasteiger partial charge in [0, 0.05) is 41.0 Å². The van der Waals surface area contributed by atoms with E-state index in [1.165, 1.54) is 12.1 Å². The fourth-order valence-corrected chi connectivity index (χ4v) is 2.98. The van der Waals surface area contributed by atoms with Crippen LogP contribution in [0.25, 0.3) is 11.1 Å². The van der Waals surface area contributed by atoms with Gasteiger partial charge < -0.3 is 15.4 Å². The molecular weight excluding hydrogens is 395 g/mol. The van der Waals surface area contributed by atoms with Gasteiger partial charge in [-0.3, -0.25) is 4.79 Å². The zero-order valence-electron chi connectivity index (χ0n) is 16.7. The van der Waals surface area contributed by atoms with Gasteiger partial charge in [-0.1, -0.05) is 24.3 Å². The van der Waals surface area contributed by atoms with Crippen LogP contribution in [0.3, 0.4) is 0 Å². The number of carbonyl (C=O) groups excluding carboxylic acids is 1. The SMILES string of the molecule is COc1cccc(NC(=O)c2cccc(Nc3ncc(-c4cccc(F)c4)cn3)c2)c1. The molecule has 0 aliphatic rings. The summed E-state index contributed by atoms with van der Waals surface area (Å²) in [4.78, 5) is 21.2. The lowest BCUT2D eigenvalue weighted by atomic mass is 10.1. The first kappa shape index (κ1) is 20.0. The number of hydrogen-bond acceptors (Lipinski definition) is 5. The van der Waals surface area contributed by atoms with Crippen molar-refractivity contribution in [2.75, 3.05) is 17.7 Å². The molecule has 1 heterocycles. The van der Waals surface area contributed by atoms with Crippen LogP contribution in [-0.2, 0) is 0 Å². The molecule has 1 aromatic heterocycles. The maximum Gasteiger partial charge on any atom is 0.255 e. The number of anilines is 3. The summed E-state index contributed by atoms with van der Waals surface area (Å²) in [6.45, 7) is 0. The van der Waals surface area contributed by atoms with E-state index in [1.807, 2.05) is 6.07 Å². The summed E-state index contributed by atoms with van der Waals surface area (Å²) < 4.78 is 18.6. The fourth-order valence-electron chi connectivity index (χ4n) is 2.98. The lowest BCUT2D eigenvalue weighted by Gasteiger charge is -2.09. The van der Waals surface area contributed by atoms with Gasteiger partial charge in [0.15, 0.2) is 0 Å². The largest absolute Gasteiger partial charge is 0.497 e. The van der Waals surface area contributed by atoms with Crippen LogP contribution in [0, 0.1) is 5.82 Å². The Morgan fingerprint density at radius 2 is 1.61 bits per heavy atom. The Bertz CT molecular complexity index is 1210. The molecule has 3 aromatic carbocycles. The maximum atomic E-state index is 13.4. The van der Waals surface area contributed by atoms with Gasteiger partial charge in [0.05, 0.1) is 7.11 Å². The number of rotatable bonds is 6. The molecule has 0 spiro atoms. The molecular formula is C24H19FN4O2. The van der Waals surface area contributed by atoms with Gasteiger partial charge in [0.25, 0.3) is 5.91 Å². The second-order valence-corrected chi connectivity index (χ2v) is 6.70. The highest BCUT2D eigenvalue weighted by Crippen LogP contribution is 2.21. The Hall–Kier alpha value is -4.26. The first-order valence-electron chi connectivity index (χ1n) is 9.51. The second kappa shape index (κ2) is 9.04. The molecule has 0 unspecified atom stereocenters. The maximum absolute atomic E-state index is 13.4. The Morgan fingerprint density at radius 3 is 2.39 bits per heavy atom. The average Bonchev–Trinajstić information content (AvgIpc) is 2.80. The predicted octanol–water partition coefficient (Wildman–Crippen LogP) is 5.29. The summed E-state index contributed by atoms with van der Waals surface area (Å²) in [7, 11) is 1.57.